The molecule has 110 valence electrons. The number of hydrogen-bond acceptors (Lipinski definition) is 3. The van der Waals surface area contributed by atoms with Gasteiger partial charge in [-0.25, -0.2) is 4.39 Å². The number of amidine groups is 1. The van der Waals surface area contributed by atoms with E-state index in [1.54, 1.807) is 12.1 Å². The molecule has 0 atom stereocenters. The number of nitrogens with zero attached hydrogens (tertiary/aromatic N) is 1. The number of benzene rings is 2. The van der Waals surface area contributed by atoms with Crippen LogP contribution in [0.5, 0.6) is 5.75 Å². The van der Waals surface area contributed by atoms with Gasteiger partial charge in [0.25, 0.3) is 0 Å². The first-order valence-electron chi connectivity index (χ1n) is 5.85. The molecule has 3 N–H and O–H groups in total. The molecule has 2 aromatic carbocycles. The van der Waals surface area contributed by atoms with E-state index in [-0.39, 0.29) is 17.5 Å². The van der Waals surface area contributed by atoms with Crippen LogP contribution in [-0.2, 0) is 6.61 Å². The first-order valence-corrected chi connectivity index (χ1v) is 6.61. The van der Waals surface area contributed by atoms with Crippen LogP contribution in [-0.4, -0.2) is 11.0 Å². The molecule has 0 radical (unpaired) electrons. The highest BCUT2D eigenvalue weighted by atomic mass is 35.5. The molecular formula is C14H11Cl2FN2O2. The minimum absolute atomic E-state index is 0.0931. The smallest absolute Gasteiger partial charge is 0.171 e. The van der Waals surface area contributed by atoms with Crippen molar-refractivity contribution in [1.82, 2.24) is 0 Å². The highest BCUT2D eigenvalue weighted by molar-refractivity contribution is 6.34. The van der Waals surface area contributed by atoms with Gasteiger partial charge >= 0.3 is 0 Å². The topological polar surface area (TPSA) is 67.8 Å². The van der Waals surface area contributed by atoms with Crippen LogP contribution in [0.3, 0.4) is 0 Å². The number of rotatable bonds is 4. The predicted octanol–water partition coefficient (Wildman–Crippen LogP) is 3.81. The monoisotopic (exact) mass is 328 g/mol. The highest BCUT2D eigenvalue weighted by Gasteiger charge is 2.08. The lowest BCUT2D eigenvalue weighted by molar-refractivity contribution is 0.305. The van der Waals surface area contributed by atoms with E-state index in [1.165, 1.54) is 24.3 Å². The molecule has 0 spiro atoms. The van der Waals surface area contributed by atoms with E-state index in [0.29, 0.717) is 21.9 Å². The molecule has 4 nitrogen and oxygen atoms in total. The third-order valence-corrected chi connectivity index (χ3v) is 3.41. The van der Waals surface area contributed by atoms with Crippen LogP contribution in [0.4, 0.5) is 4.39 Å². The van der Waals surface area contributed by atoms with Crippen molar-refractivity contribution >= 4 is 29.0 Å². The van der Waals surface area contributed by atoms with E-state index in [4.69, 9.17) is 38.9 Å². The van der Waals surface area contributed by atoms with Gasteiger partial charge in [-0.2, -0.15) is 0 Å². The molecule has 0 unspecified atom stereocenters. The Morgan fingerprint density at radius 2 is 1.95 bits per heavy atom. The van der Waals surface area contributed by atoms with Crippen molar-refractivity contribution in [3.63, 3.8) is 0 Å². The number of oxime groups is 1. The summed E-state index contributed by atoms with van der Waals surface area (Å²) in [6.45, 7) is 0.0931. The normalized spacial score (nSPS) is 11.5. The van der Waals surface area contributed by atoms with E-state index in [0.717, 1.165) is 0 Å². The van der Waals surface area contributed by atoms with Gasteiger partial charge in [-0.3, -0.25) is 0 Å². The summed E-state index contributed by atoms with van der Waals surface area (Å²) in [5, 5.41) is 12.2. The number of hydrogen-bond donors (Lipinski definition) is 2. The zero-order valence-electron chi connectivity index (χ0n) is 10.7. The van der Waals surface area contributed by atoms with Gasteiger partial charge in [0, 0.05) is 16.1 Å². The number of nitrogens with two attached hydrogens (primary N) is 1. The Morgan fingerprint density at radius 1 is 1.19 bits per heavy atom. The summed E-state index contributed by atoms with van der Waals surface area (Å²) >= 11 is 11.9. The van der Waals surface area contributed by atoms with E-state index in [1.807, 2.05) is 0 Å². The van der Waals surface area contributed by atoms with Crippen LogP contribution >= 0.6 is 23.2 Å². The number of ether oxygens (including phenoxy) is 1. The predicted molar refractivity (Wildman–Crippen MR) is 79.7 cm³/mol. The van der Waals surface area contributed by atoms with Crippen LogP contribution in [0.2, 0.25) is 10.0 Å². The molecule has 21 heavy (non-hydrogen) atoms. The first kappa shape index (κ1) is 15.4. The first-order chi connectivity index (χ1) is 10.0. The van der Waals surface area contributed by atoms with Crippen molar-refractivity contribution in [2.45, 2.75) is 6.61 Å². The third-order valence-electron chi connectivity index (χ3n) is 2.73. The zero-order chi connectivity index (χ0) is 15.4. The molecule has 0 fully saturated rings. The summed E-state index contributed by atoms with van der Waals surface area (Å²) in [6, 6.07) is 8.71. The summed E-state index contributed by atoms with van der Waals surface area (Å²) in [5.74, 6) is -0.0344. The van der Waals surface area contributed by atoms with Gasteiger partial charge in [0.1, 0.15) is 18.2 Å². The van der Waals surface area contributed by atoms with Crippen molar-refractivity contribution < 1.29 is 14.3 Å². The Morgan fingerprint density at radius 3 is 2.62 bits per heavy atom. The molecule has 0 saturated heterocycles. The summed E-state index contributed by atoms with van der Waals surface area (Å²) in [6.07, 6.45) is 0. The fraction of sp³-hybridized carbons (Fsp3) is 0.0714. The molecule has 0 amide bonds. The molecule has 0 aliphatic carbocycles. The Bertz CT molecular complexity index is 693. The molecule has 0 aliphatic heterocycles. The van der Waals surface area contributed by atoms with Crippen LogP contribution in [0.1, 0.15) is 11.1 Å². The maximum Gasteiger partial charge on any atom is 0.171 e. The lowest BCUT2D eigenvalue weighted by Crippen LogP contribution is -2.13. The molecule has 0 saturated carbocycles. The fourth-order valence-corrected chi connectivity index (χ4v) is 2.10. The van der Waals surface area contributed by atoms with E-state index in [9.17, 15) is 4.39 Å². The summed E-state index contributed by atoms with van der Waals surface area (Å²) in [4.78, 5) is 0. The van der Waals surface area contributed by atoms with Crippen LogP contribution < -0.4 is 10.5 Å². The zero-order valence-corrected chi connectivity index (χ0v) is 12.2. The quantitative estimate of drug-likeness (QED) is 0.388. The van der Waals surface area contributed by atoms with Crippen molar-refractivity contribution in [3.8, 4) is 5.75 Å². The second kappa shape index (κ2) is 6.65. The maximum absolute atomic E-state index is 13.1. The van der Waals surface area contributed by atoms with Crippen molar-refractivity contribution in [2.24, 2.45) is 10.9 Å². The molecular weight excluding hydrogens is 318 g/mol. The van der Waals surface area contributed by atoms with Crippen molar-refractivity contribution in [3.05, 3.63) is 63.4 Å². The van der Waals surface area contributed by atoms with Crippen molar-refractivity contribution in [2.75, 3.05) is 0 Å². The van der Waals surface area contributed by atoms with Crippen LogP contribution in [0.15, 0.2) is 41.6 Å². The average molecular weight is 329 g/mol. The van der Waals surface area contributed by atoms with Gasteiger partial charge in [0.2, 0.25) is 0 Å². The van der Waals surface area contributed by atoms with Gasteiger partial charge in [-0.05, 0) is 36.4 Å². The second-order valence-corrected chi connectivity index (χ2v) is 4.97. The standard InChI is InChI=1S/C14H11Cl2FN2O2/c15-12-4-1-9(17)5-8(12)7-21-10-2-3-11(13(16)6-10)14(18)19-20/h1-6,20H,7H2,(H2,18,19). The van der Waals surface area contributed by atoms with E-state index in [2.05, 4.69) is 5.16 Å². The minimum atomic E-state index is -0.390. The summed E-state index contributed by atoms with van der Waals surface area (Å²) in [5.41, 5.74) is 6.37. The second-order valence-electron chi connectivity index (χ2n) is 4.15. The Balaban J connectivity index is 2.14. The van der Waals surface area contributed by atoms with Gasteiger partial charge in [-0.1, -0.05) is 28.4 Å². The maximum atomic E-state index is 13.1. The Labute approximate surface area is 130 Å². The molecule has 0 aliphatic rings. The fourth-order valence-electron chi connectivity index (χ4n) is 1.66. The van der Waals surface area contributed by atoms with Gasteiger partial charge in [-0.15, -0.1) is 0 Å². The minimum Gasteiger partial charge on any atom is -0.489 e. The summed E-state index contributed by atoms with van der Waals surface area (Å²) < 4.78 is 18.6. The Hall–Kier alpha value is -1.98. The lowest BCUT2D eigenvalue weighted by Gasteiger charge is -2.10. The van der Waals surface area contributed by atoms with Crippen LogP contribution in [0, 0.1) is 5.82 Å². The van der Waals surface area contributed by atoms with Crippen LogP contribution in [0.25, 0.3) is 0 Å². The molecule has 7 heteroatoms. The Kier molecular flexibility index (Phi) is 4.88. The van der Waals surface area contributed by atoms with Gasteiger partial charge < -0.3 is 15.7 Å². The van der Waals surface area contributed by atoms with Crippen molar-refractivity contribution in [1.29, 1.82) is 0 Å². The molecule has 0 aromatic heterocycles. The lowest BCUT2D eigenvalue weighted by atomic mass is 10.2. The number of halogens is 3. The molecule has 0 bridgehead atoms. The van der Waals surface area contributed by atoms with Gasteiger partial charge in [0.15, 0.2) is 5.84 Å². The molecule has 2 aromatic rings. The van der Waals surface area contributed by atoms with Gasteiger partial charge in [0.05, 0.1) is 5.02 Å². The van der Waals surface area contributed by atoms with E-state index >= 15 is 0 Å². The van der Waals surface area contributed by atoms with E-state index < -0.39 is 5.82 Å². The molecule has 2 rings (SSSR count). The largest absolute Gasteiger partial charge is 0.489 e. The molecule has 0 heterocycles. The average Bonchev–Trinajstić information content (AvgIpc) is 2.47. The summed E-state index contributed by atoms with van der Waals surface area (Å²) in [7, 11) is 0. The third kappa shape index (κ3) is 3.77. The highest BCUT2D eigenvalue weighted by Crippen LogP contribution is 2.24. The SMILES string of the molecule is N/C(=N/O)c1ccc(OCc2cc(F)ccc2Cl)cc1Cl.